The van der Waals surface area contributed by atoms with Gasteiger partial charge in [0.25, 0.3) is 0 Å². The second kappa shape index (κ2) is 7.01. The lowest BCUT2D eigenvalue weighted by molar-refractivity contribution is 0.200. The van der Waals surface area contributed by atoms with Gasteiger partial charge in [0, 0.05) is 25.0 Å². The largest absolute Gasteiger partial charge is 0.326 e. The van der Waals surface area contributed by atoms with Crippen molar-refractivity contribution in [3.63, 3.8) is 0 Å². The van der Waals surface area contributed by atoms with E-state index in [1.807, 2.05) is 18.5 Å². The van der Waals surface area contributed by atoms with E-state index in [0.717, 1.165) is 12.3 Å². The van der Waals surface area contributed by atoms with Gasteiger partial charge in [-0.3, -0.25) is 9.88 Å². The lowest BCUT2D eigenvalue weighted by Gasteiger charge is -2.32. The van der Waals surface area contributed by atoms with Crippen molar-refractivity contribution in [3.8, 4) is 0 Å². The van der Waals surface area contributed by atoms with E-state index in [1.54, 1.807) is 0 Å². The summed E-state index contributed by atoms with van der Waals surface area (Å²) in [5.41, 5.74) is 7.65. The van der Waals surface area contributed by atoms with Crippen LogP contribution in [0.5, 0.6) is 0 Å². The van der Waals surface area contributed by atoms with Gasteiger partial charge in [0.1, 0.15) is 0 Å². The molecular weight excluding hydrogens is 234 g/mol. The SMILES string of the molecule is CCCC1CCN(C(c2cccnc2)C(N)CC)C1. The van der Waals surface area contributed by atoms with Gasteiger partial charge in [0.05, 0.1) is 6.04 Å². The fourth-order valence-corrected chi connectivity index (χ4v) is 3.26. The van der Waals surface area contributed by atoms with Crippen molar-refractivity contribution in [2.24, 2.45) is 11.7 Å². The Balaban J connectivity index is 2.11. The highest BCUT2D eigenvalue weighted by Crippen LogP contribution is 2.31. The third kappa shape index (κ3) is 3.54. The first-order valence-electron chi connectivity index (χ1n) is 7.65. The van der Waals surface area contributed by atoms with Crippen LogP contribution in [0.1, 0.15) is 51.1 Å². The number of rotatable bonds is 6. The quantitative estimate of drug-likeness (QED) is 0.856. The number of aromatic nitrogens is 1. The minimum Gasteiger partial charge on any atom is -0.326 e. The molecule has 1 aliphatic rings. The molecule has 2 heterocycles. The predicted molar refractivity (Wildman–Crippen MR) is 79.8 cm³/mol. The standard InChI is InChI=1S/C16H27N3/c1-3-6-13-8-10-19(12-13)16(15(17)4-2)14-7-5-9-18-11-14/h5,7,9,11,13,15-16H,3-4,6,8,10,12,17H2,1-2H3. The molecule has 106 valence electrons. The maximum atomic E-state index is 6.38. The van der Waals surface area contributed by atoms with Crippen LogP contribution in [0.25, 0.3) is 0 Å². The van der Waals surface area contributed by atoms with E-state index in [9.17, 15) is 0 Å². The summed E-state index contributed by atoms with van der Waals surface area (Å²) in [6.45, 7) is 6.83. The fraction of sp³-hybridized carbons (Fsp3) is 0.688. The third-order valence-corrected chi connectivity index (χ3v) is 4.31. The molecule has 0 amide bonds. The Kier molecular flexibility index (Phi) is 5.34. The topological polar surface area (TPSA) is 42.2 Å². The zero-order valence-corrected chi connectivity index (χ0v) is 12.3. The van der Waals surface area contributed by atoms with E-state index in [0.29, 0.717) is 6.04 Å². The second-order valence-electron chi connectivity index (χ2n) is 5.74. The monoisotopic (exact) mass is 261 g/mol. The van der Waals surface area contributed by atoms with Crippen LogP contribution in [-0.4, -0.2) is 29.0 Å². The van der Waals surface area contributed by atoms with Crippen LogP contribution < -0.4 is 5.73 Å². The zero-order valence-electron chi connectivity index (χ0n) is 12.3. The summed E-state index contributed by atoms with van der Waals surface area (Å²) in [5.74, 6) is 0.855. The molecule has 1 saturated heterocycles. The molecule has 3 heteroatoms. The van der Waals surface area contributed by atoms with Crippen molar-refractivity contribution < 1.29 is 0 Å². The molecule has 1 fully saturated rings. The van der Waals surface area contributed by atoms with Crippen molar-refractivity contribution in [2.75, 3.05) is 13.1 Å². The average molecular weight is 261 g/mol. The molecule has 0 bridgehead atoms. The van der Waals surface area contributed by atoms with Crippen LogP contribution in [0.3, 0.4) is 0 Å². The lowest BCUT2D eigenvalue weighted by atomic mass is 9.97. The Morgan fingerprint density at radius 3 is 2.95 bits per heavy atom. The molecule has 0 radical (unpaired) electrons. The van der Waals surface area contributed by atoms with Crippen LogP contribution >= 0.6 is 0 Å². The van der Waals surface area contributed by atoms with Crippen LogP contribution in [0.15, 0.2) is 24.5 Å². The first kappa shape index (κ1) is 14.5. The Labute approximate surface area is 117 Å². The molecule has 3 atom stereocenters. The van der Waals surface area contributed by atoms with Gasteiger partial charge in [-0.25, -0.2) is 0 Å². The average Bonchev–Trinajstić information content (AvgIpc) is 2.89. The molecular formula is C16H27N3. The lowest BCUT2D eigenvalue weighted by Crippen LogP contribution is -2.39. The number of nitrogens with two attached hydrogens (primary N) is 1. The van der Waals surface area contributed by atoms with Crippen LogP contribution in [0, 0.1) is 5.92 Å². The Morgan fingerprint density at radius 2 is 2.32 bits per heavy atom. The van der Waals surface area contributed by atoms with Gasteiger partial charge in [-0.2, -0.15) is 0 Å². The van der Waals surface area contributed by atoms with Gasteiger partial charge in [0.15, 0.2) is 0 Å². The van der Waals surface area contributed by atoms with Crippen molar-refractivity contribution in [1.29, 1.82) is 0 Å². The van der Waals surface area contributed by atoms with E-state index in [-0.39, 0.29) is 6.04 Å². The Morgan fingerprint density at radius 1 is 1.47 bits per heavy atom. The Hall–Kier alpha value is -0.930. The summed E-state index contributed by atoms with van der Waals surface area (Å²) >= 11 is 0. The summed E-state index contributed by atoms with van der Waals surface area (Å²) in [4.78, 5) is 6.84. The molecule has 3 unspecified atom stereocenters. The second-order valence-corrected chi connectivity index (χ2v) is 5.74. The van der Waals surface area contributed by atoms with Crippen LogP contribution in [0.4, 0.5) is 0 Å². The molecule has 0 spiro atoms. The zero-order chi connectivity index (χ0) is 13.7. The fourth-order valence-electron chi connectivity index (χ4n) is 3.26. The van der Waals surface area contributed by atoms with Crippen LogP contribution in [0.2, 0.25) is 0 Å². The number of pyridine rings is 1. The predicted octanol–water partition coefficient (Wildman–Crippen LogP) is 2.98. The molecule has 2 rings (SSSR count). The summed E-state index contributed by atoms with van der Waals surface area (Å²) in [7, 11) is 0. The summed E-state index contributed by atoms with van der Waals surface area (Å²) in [6.07, 6.45) is 8.78. The highest BCUT2D eigenvalue weighted by molar-refractivity contribution is 5.17. The van der Waals surface area contributed by atoms with Crippen molar-refractivity contribution in [2.45, 2.75) is 51.6 Å². The molecule has 19 heavy (non-hydrogen) atoms. The maximum Gasteiger partial charge on any atom is 0.0514 e. The molecule has 3 nitrogen and oxygen atoms in total. The normalized spacial score (nSPS) is 23.4. The minimum absolute atomic E-state index is 0.199. The van der Waals surface area contributed by atoms with Gasteiger partial charge in [0.2, 0.25) is 0 Å². The van der Waals surface area contributed by atoms with E-state index in [4.69, 9.17) is 5.73 Å². The van der Waals surface area contributed by atoms with Crippen molar-refractivity contribution >= 4 is 0 Å². The number of hydrogen-bond acceptors (Lipinski definition) is 3. The number of hydrogen-bond donors (Lipinski definition) is 1. The molecule has 1 aromatic rings. The van der Waals surface area contributed by atoms with Gasteiger partial charge in [-0.15, -0.1) is 0 Å². The van der Waals surface area contributed by atoms with E-state index < -0.39 is 0 Å². The summed E-state index contributed by atoms with van der Waals surface area (Å²) in [5, 5.41) is 0. The first-order chi connectivity index (χ1) is 9.26. The van der Waals surface area contributed by atoms with E-state index >= 15 is 0 Å². The molecule has 2 N–H and O–H groups in total. The van der Waals surface area contributed by atoms with Crippen LogP contribution in [-0.2, 0) is 0 Å². The maximum absolute atomic E-state index is 6.38. The van der Waals surface area contributed by atoms with E-state index in [1.165, 1.54) is 37.9 Å². The number of nitrogens with zero attached hydrogens (tertiary/aromatic N) is 2. The Bertz CT molecular complexity index is 366. The van der Waals surface area contributed by atoms with Crippen molar-refractivity contribution in [3.05, 3.63) is 30.1 Å². The minimum atomic E-state index is 0.199. The molecule has 1 aliphatic heterocycles. The third-order valence-electron chi connectivity index (χ3n) is 4.31. The smallest absolute Gasteiger partial charge is 0.0514 e. The molecule has 0 aromatic carbocycles. The molecule has 0 saturated carbocycles. The highest BCUT2D eigenvalue weighted by Gasteiger charge is 2.31. The molecule has 1 aromatic heterocycles. The highest BCUT2D eigenvalue weighted by atomic mass is 15.2. The first-order valence-corrected chi connectivity index (χ1v) is 7.65. The van der Waals surface area contributed by atoms with Gasteiger partial charge in [-0.1, -0.05) is 26.3 Å². The van der Waals surface area contributed by atoms with Crippen molar-refractivity contribution in [1.82, 2.24) is 9.88 Å². The summed E-state index contributed by atoms with van der Waals surface area (Å²) in [6, 6.07) is 4.72. The number of likely N-dealkylation sites (tertiary alicyclic amines) is 1. The summed E-state index contributed by atoms with van der Waals surface area (Å²) < 4.78 is 0. The van der Waals surface area contributed by atoms with Gasteiger partial charge in [-0.05, 0) is 43.4 Å². The van der Waals surface area contributed by atoms with E-state index in [2.05, 4.69) is 29.8 Å². The molecule has 0 aliphatic carbocycles. The van der Waals surface area contributed by atoms with Gasteiger partial charge < -0.3 is 5.73 Å². The van der Waals surface area contributed by atoms with Gasteiger partial charge >= 0.3 is 0 Å².